The van der Waals surface area contributed by atoms with Gasteiger partial charge in [0.25, 0.3) is 0 Å². The number of benzene rings is 13. The van der Waals surface area contributed by atoms with Crippen molar-refractivity contribution in [1.29, 1.82) is 0 Å². The van der Waals surface area contributed by atoms with Crippen molar-refractivity contribution in [3.8, 4) is 89.8 Å². The summed E-state index contributed by atoms with van der Waals surface area (Å²) in [4.78, 5) is 6.91. The molecule has 5 heteroatoms. The van der Waals surface area contributed by atoms with E-state index in [0.717, 1.165) is 108 Å². The molecule has 392 valence electrons. The number of ether oxygens (including phenoxy) is 2. The van der Waals surface area contributed by atoms with Crippen molar-refractivity contribution >= 4 is 51.2 Å². The van der Waals surface area contributed by atoms with Crippen LogP contribution in [0.2, 0.25) is 0 Å². The average Bonchev–Trinajstić information content (AvgIpc) is 3.65. The van der Waals surface area contributed by atoms with Crippen molar-refractivity contribution in [3.05, 3.63) is 322 Å². The molecule has 0 radical (unpaired) electrons. The zero-order chi connectivity index (χ0) is 55.1. The van der Waals surface area contributed by atoms with Gasteiger partial charge in [-0.3, -0.25) is 0 Å². The number of nitrogens with zero attached hydrogens (tertiary/aromatic N) is 3. The number of anilines is 9. The minimum absolute atomic E-state index is 0.814. The van der Waals surface area contributed by atoms with Gasteiger partial charge in [-0.1, -0.05) is 206 Å². The third kappa shape index (κ3) is 9.22. The molecule has 15 rings (SSSR count). The van der Waals surface area contributed by atoms with E-state index < -0.39 is 0 Å². The van der Waals surface area contributed by atoms with Crippen LogP contribution < -0.4 is 24.2 Å². The van der Waals surface area contributed by atoms with Gasteiger partial charge in [-0.2, -0.15) is 0 Å². The van der Waals surface area contributed by atoms with E-state index in [4.69, 9.17) is 9.47 Å². The van der Waals surface area contributed by atoms with Crippen LogP contribution in [0.15, 0.2) is 322 Å². The fraction of sp³-hybridized carbons (Fsp3) is 0. The maximum Gasteiger partial charge on any atom is 0.159 e. The molecule has 2 aliphatic rings. The molecule has 0 N–H and O–H groups in total. The lowest BCUT2D eigenvalue weighted by atomic mass is 9.92. The maximum atomic E-state index is 6.81. The Morgan fingerprint density at radius 1 is 0.217 bits per heavy atom. The van der Waals surface area contributed by atoms with E-state index in [9.17, 15) is 0 Å². The number of hydrogen-bond acceptors (Lipinski definition) is 5. The van der Waals surface area contributed by atoms with Gasteiger partial charge < -0.3 is 24.2 Å². The van der Waals surface area contributed by atoms with Crippen LogP contribution in [0, 0.1) is 0 Å². The van der Waals surface area contributed by atoms with Crippen LogP contribution in [0.5, 0.6) is 23.0 Å². The summed E-state index contributed by atoms with van der Waals surface area (Å²) in [6.07, 6.45) is 0. The van der Waals surface area contributed by atoms with Gasteiger partial charge in [-0.25, -0.2) is 0 Å². The predicted octanol–water partition coefficient (Wildman–Crippen LogP) is 22.3. The van der Waals surface area contributed by atoms with Crippen LogP contribution in [0.3, 0.4) is 0 Å². The quantitative estimate of drug-likeness (QED) is 0.129. The number of hydrogen-bond donors (Lipinski definition) is 0. The minimum Gasteiger partial charge on any atom is -0.452 e. The number of fused-ring (bicyclic) bond motifs is 4. The van der Waals surface area contributed by atoms with E-state index in [1.807, 2.05) is 24.3 Å². The summed E-state index contributed by atoms with van der Waals surface area (Å²) in [6, 6.07) is 114. The first-order chi connectivity index (χ1) is 41.1. The molecule has 0 aromatic heterocycles. The summed E-state index contributed by atoms with van der Waals surface area (Å²) in [5.41, 5.74) is 22.7. The summed E-state index contributed by atoms with van der Waals surface area (Å²) in [5, 5.41) is 0. The van der Waals surface area contributed by atoms with Crippen molar-refractivity contribution in [2.24, 2.45) is 0 Å². The highest BCUT2D eigenvalue weighted by Gasteiger charge is 2.30. The first kappa shape index (κ1) is 48.9. The van der Waals surface area contributed by atoms with E-state index in [0.29, 0.717) is 0 Å². The topological polar surface area (TPSA) is 28.2 Å². The second-order valence-corrected chi connectivity index (χ2v) is 20.9. The zero-order valence-corrected chi connectivity index (χ0v) is 45.3. The summed E-state index contributed by atoms with van der Waals surface area (Å²) < 4.78 is 13.6. The predicted molar refractivity (Wildman–Crippen MR) is 343 cm³/mol. The van der Waals surface area contributed by atoms with Gasteiger partial charge in [0, 0.05) is 39.6 Å². The molecule has 0 bridgehead atoms. The minimum atomic E-state index is 0.814. The fourth-order valence-corrected chi connectivity index (χ4v) is 11.8. The van der Waals surface area contributed by atoms with Gasteiger partial charge in [0.2, 0.25) is 0 Å². The van der Waals surface area contributed by atoms with Gasteiger partial charge in [0.1, 0.15) is 0 Å². The molecular formula is C78H53N3O2. The van der Waals surface area contributed by atoms with Crippen molar-refractivity contribution < 1.29 is 9.47 Å². The maximum absolute atomic E-state index is 6.81. The third-order valence-electron chi connectivity index (χ3n) is 15.8. The average molecular weight is 1060 g/mol. The first-order valence-electron chi connectivity index (χ1n) is 28.1. The Balaban J connectivity index is 0.785. The van der Waals surface area contributed by atoms with Crippen molar-refractivity contribution in [3.63, 3.8) is 0 Å². The van der Waals surface area contributed by atoms with E-state index in [1.54, 1.807) is 0 Å². The van der Waals surface area contributed by atoms with Crippen molar-refractivity contribution in [2.45, 2.75) is 0 Å². The molecule has 13 aromatic rings. The number of para-hydroxylation sites is 8. The van der Waals surface area contributed by atoms with E-state index in [1.165, 1.54) is 33.4 Å². The lowest BCUT2D eigenvalue weighted by molar-refractivity contribution is 0.478. The van der Waals surface area contributed by atoms with E-state index >= 15 is 0 Å². The molecule has 0 aliphatic carbocycles. The lowest BCUT2D eigenvalue weighted by Crippen LogP contribution is -2.16. The summed E-state index contributed by atoms with van der Waals surface area (Å²) in [5.74, 6) is 3.26. The molecule has 0 atom stereocenters. The Bertz CT molecular complexity index is 4220. The monoisotopic (exact) mass is 1060 g/mol. The molecule has 83 heavy (non-hydrogen) atoms. The van der Waals surface area contributed by atoms with Crippen molar-refractivity contribution in [1.82, 2.24) is 0 Å². The van der Waals surface area contributed by atoms with Gasteiger partial charge in [-0.15, -0.1) is 0 Å². The second-order valence-electron chi connectivity index (χ2n) is 20.9. The third-order valence-corrected chi connectivity index (χ3v) is 15.8. The lowest BCUT2D eigenvalue weighted by Gasteiger charge is -2.34. The van der Waals surface area contributed by atoms with Crippen LogP contribution in [-0.4, -0.2) is 0 Å². The molecule has 0 unspecified atom stereocenters. The Morgan fingerprint density at radius 3 is 0.892 bits per heavy atom. The zero-order valence-electron chi connectivity index (χ0n) is 45.3. The second kappa shape index (κ2) is 21.2. The summed E-state index contributed by atoms with van der Waals surface area (Å²) >= 11 is 0. The highest BCUT2D eigenvalue weighted by atomic mass is 16.5. The standard InChI is InChI=1S/C78H53N3O2/c1-5-19-54(20-6-1)61-51-62(55-21-7-2-8-22-55)53-63(52-61)58-37-35-56(36-38-58)57-39-45-66(46-40-57)79(67-47-41-59(42-48-67)69-27-17-31-73-77(69)82-75-33-15-13-29-71(75)80(73)64-23-9-3-10-24-64)68-49-43-60(44-50-68)70-28-18-32-74-78(70)83-76-34-16-14-30-72(76)81(74)65-25-11-4-12-26-65/h1-53H. The van der Waals surface area contributed by atoms with E-state index in [2.05, 4.69) is 312 Å². The Kier molecular flexibility index (Phi) is 12.5. The Morgan fingerprint density at radius 2 is 0.506 bits per heavy atom. The van der Waals surface area contributed by atoms with Gasteiger partial charge in [-0.05, 0) is 171 Å². The van der Waals surface area contributed by atoms with Crippen molar-refractivity contribution in [2.75, 3.05) is 14.7 Å². The molecule has 2 aliphatic heterocycles. The van der Waals surface area contributed by atoms with Gasteiger partial charge in [0.05, 0.1) is 22.7 Å². The fourth-order valence-electron chi connectivity index (χ4n) is 11.8. The van der Waals surface area contributed by atoms with Crippen LogP contribution in [-0.2, 0) is 0 Å². The summed E-state index contributed by atoms with van der Waals surface area (Å²) in [6.45, 7) is 0. The van der Waals surface area contributed by atoms with Crippen LogP contribution >= 0.6 is 0 Å². The van der Waals surface area contributed by atoms with Gasteiger partial charge in [0.15, 0.2) is 23.0 Å². The highest BCUT2D eigenvalue weighted by Crippen LogP contribution is 2.55. The SMILES string of the molecule is c1ccc(-c2cc(-c3ccccc3)cc(-c3ccc(-c4ccc(N(c5ccc(-c6cccc7c6Oc6ccccc6N7c6ccccc6)cc5)c5ccc(-c6cccc7c6Oc6ccccc6N7c6ccccc6)cc5)cc4)cc3)c2)cc1. The highest BCUT2D eigenvalue weighted by molar-refractivity contribution is 5.94. The molecular weight excluding hydrogens is 1010 g/mol. The smallest absolute Gasteiger partial charge is 0.159 e. The van der Waals surface area contributed by atoms with E-state index in [-0.39, 0.29) is 0 Å². The molecule has 13 aromatic carbocycles. The molecule has 0 amide bonds. The van der Waals surface area contributed by atoms with Crippen LogP contribution in [0.1, 0.15) is 0 Å². The largest absolute Gasteiger partial charge is 0.452 e. The first-order valence-corrected chi connectivity index (χ1v) is 28.1. The molecule has 2 heterocycles. The molecule has 0 fully saturated rings. The Hall–Kier alpha value is -11.1. The van der Waals surface area contributed by atoms with Gasteiger partial charge >= 0.3 is 0 Å². The van der Waals surface area contributed by atoms with Crippen LogP contribution in [0.25, 0.3) is 66.8 Å². The molecule has 0 saturated heterocycles. The normalized spacial score (nSPS) is 12.0. The van der Waals surface area contributed by atoms with Crippen LogP contribution in [0.4, 0.5) is 51.2 Å². The molecule has 0 spiro atoms. The number of rotatable bonds is 11. The molecule has 0 saturated carbocycles. The summed E-state index contributed by atoms with van der Waals surface area (Å²) in [7, 11) is 0. The Labute approximate surface area is 484 Å². The molecule has 5 nitrogen and oxygen atoms in total.